The van der Waals surface area contributed by atoms with Crippen LogP contribution in [0, 0.1) is 0 Å². The Bertz CT molecular complexity index is 313. The lowest BCUT2D eigenvalue weighted by Crippen LogP contribution is -2.47. The van der Waals surface area contributed by atoms with Crippen molar-refractivity contribution in [3.05, 3.63) is 29.8 Å². The van der Waals surface area contributed by atoms with E-state index >= 15 is 0 Å². The van der Waals surface area contributed by atoms with Gasteiger partial charge >= 0.3 is 0 Å². The molecule has 0 saturated heterocycles. The molecule has 0 radical (unpaired) electrons. The zero-order valence-corrected chi connectivity index (χ0v) is 9.24. The molecule has 1 atom stereocenters. The van der Waals surface area contributed by atoms with Gasteiger partial charge in [0.2, 0.25) is 5.79 Å². The average molecular weight is 229 g/mol. The molecule has 0 aliphatic heterocycles. The molecular weight excluding hydrogens is 214 g/mol. The second-order valence-corrected chi connectivity index (χ2v) is 4.12. The van der Waals surface area contributed by atoms with Gasteiger partial charge in [0, 0.05) is 10.5 Å². The molecule has 0 aromatic heterocycles. The highest BCUT2D eigenvalue weighted by Crippen LogP contribution is 2.23. The van der Waals surface area contributed by atoms with E-state index in [9.17, 15) is 10.2 Å². The van der Waals surface area contributed by atoms with E-state index in [1.165, 1.54) is 0 Å². The van der Waals surface area contributed by atoms with Crippen molar-refractivity contribution in [3.63, 3.8) is 0 Å². The van der Waals surface area contributed by atoms with E-state index in [1.807, 2.05) is 6.26 Å². The molecule has 0 aliphatic rings. The standard InChI is InChI=1S/C10H15NO3S/c1-15-8-4-2-7(3-5-8)10(13,14)9(11)6-12/h2-5,9,12-14H,6,11H2,1H3/t9-/m0/s1. The van der Waals surface area contributed by atoms with Gasteiger partial charge in [0.1, 0.15) is 0 Å². The summed E-state index contributed by atoms with van der Waals surface area (Å²) in [6.07, 6.45) is 1.93. The Morgan fingerprint density at radius 1 is 1.33 bits per heavy atom. The van der Waals surface area contributed by atoms with E-state index in [4.69, 9.17) is 10.8 Å². The van der Waals surface area contributed by atoms with Gasteiger partial charge in [-0.25, -0.2) is 0 Å². The van der Waals surface area contributed by atoms with Gasteiger partial charge in [0.15, 0.2) is 0 Å². The van der Waals surface area contributed by atoms with Crippen LogP contribution in [0.3, 0.4) is 0 Å². The first-order valence-electron chi connectivity index (χ1n) is 4.48. The molecule has 1 aromatic carbocycles. The first-order chi connectivity index (χ1) is 7.02. The van der Waals surface area contributed by atoms with Crippen LogP contribution in [0.25, 0.3) is 0 Å². The minimum Gasteiger partial charge on any atom is -0.395 e. The van der Waals surface area contributed by atoms with Gasteiger partial charge < -0.3 is 21.1 Å². The van der Waals surface area contributed by atoms with Crippen LogP contribution >= 0.6 is 11.8 Å². The lowest BCUT2D eigenvalue weighted by molar-refractivity contribution is -0.191. The van der Waals surface area contributed by atoms with Crippen molar-refractivity contribution in [2.75, 3.05) is 12.9 Å². The third-order valence-corrected chi connectivity index (χ3v) is 2.97. The van der Waals surface area contributed by atoms with Crippen molar-refractivity contribution in [1.82, 2.24) is 0 Å². The van der Waals surface area contributed by atoms with Gasteiger partial charge in [-0.3, -0.25) is 0 Å². The molecule has 5 N–H and O–H groups in total. The maximum absolute atomic E-state index is 9.68. The molecule has 1 aromatic rings. The molecule has 0 aliphatic carbocycles. The third-order valence-electron chi connectivity index (χ3n) is 2.23. The molecule has 0 fully saturated rings. The maximum Gasteiger partial charge on any atom is 0.207 e. The third kappa shape index (κ3) is 2.70. The Morgan fingerprint density at radius 2 is 1.87 bits per heavy atom. The summed E-state index contributed by atoms with van der Waals surface area (Å²) in [6, 6.07) is 5.59. The fourth-order valence-corrected chi connectivity index (χ4v) is 1.59. The van der Waals surface area contributed by atoms with Gasteiger partial charge in [0.05, 0.1) is 12.6 Å². The second kappa shape index (κ2) is 4.96. The summed E-state index contributed by atoms with van der Waals surface area (Å²) in [5, 5.41) is 28.1. The van der Waals surface area contributed by atoms with Crippen LogP contribution in [0.4, 0.5) is 0 Å². The highest BCUT2D eigenvalue weighted by molar-refractivity contribution is 7.98. The van der Waals surface area contributed by atoms with Gasteiger partial charge in [-0.05, 0) is 18.4 Å². The Kier molecular flexibility index (Phi) is 4.12. The van der Waals surface area contributed by atoms with Crippen LogP contribution in [0.1, 0.15) is 5.56 Å². The largest absolute Gasteiger partial charge is 0.395 e. The number of benzene rings is 1. The molecule has 0 heterocycles. The van der Waals surface area contributed by atoms with E-state index in [-0.39, 0.29) is 5.56 Å². The predicted molar refractivity (Wildman–Crippen MR) is 59.4 cm³/mol. The Hall–Kier alpha value is -0.590. The quantitative estimate of drug-likeness (QED) is 0.426. The molecule has 0 unspecified atom stereocenters. The van der Waals surface area contributed by atoms with Gasteiger partial charge in [-0.15, -0.1) is 11.8 Å². The number of hydrogen-bond donors (Lipinski definition) is 4. The number of rotatable bonds is 4. The minimum absolute atomic E-state index is 0.279. The molecule has 4 nitrogen and oxygen atoms in total. The lowest BCUT2D eigenvalue weighted by Gasteiger charge is -2.27. The Labute approximate surface area is 92.7 Å². The smallest absolute Gasteiger partial charge is 0.207 e. The van der Waals surface area contributed by atoms with Gasteiger partial charge in [-0.1, -0.05) is 12.1 Å². The second-order valence-electron chi connectivity index (χ2n) is 3.24. The monoisotopic (exact) mass is 229 g/mol. The predicted octanol–water partition coefficient (Wildman–Crippen LogP) is -0.135. The van der Waals surface area contributed by atoms with Crippen LogP contribution in [-0.2, 0) is 5.79 Å². The van der Waals surface area contributed by atoms with Gasteiger partial charge in [0.25, 0.3) is 0 Å². The SMILES string of the molecule is CSc1ccc(C(O)(O)[C@@H](N)CO)cc1. The number of aliphatic hydroxyl groups is 3. The average Bonchev–Trinajstić information content (AvgIpc) is 2.28. The molecule has 0 spiro atoms. The fourth-order valence-electron chi connectivity index (χ4n) is 1.18. The molecule has 0 amide bonds. The first kappa shape index (κ1) is 12.5. The number of thioether (sulfide) groups is 1. The summed E-state index contributed by atoms with van der Waals surface area (Å²) in [6.45, 7) is -0.489. The van der Waals surface area contributed by atoms with Crippen molar-refractivity contribution >= 4 is 11.8 Å². The lowest BCUT2D eigenvalue weighted by atomic mass is 9.99. The number of hydrogen-bond acceptors (Lipinski definition) is 5. The highest BCUT2D eigenvalue weighted by Gasteiger charge is 2.33. The molecule has 5 heteroatoms. The molecule has 84 valence electrons. The summed E-state index contributed by atoms with van der Waals surface area (Å²) < 4.78 is 0. The zero-order chi connectivity index (χ0) is 11.5. The van der Waals surface area contributed by atoms with Crippen molar-refractivity contribution < 1.29 is 15.3 Å². The molecule has 0 saturated carbocycles. The van der Waals surface area contributed by atoms with E-state index in [1.54, 1.807) is 36.0 Å². The number of nitrogens with two attached hydrogens (primary N) is 1. The van der Waals surface area contributed by atoms with Crippen molar-refractivity contribution in [3.8, 4) is 0 Å². The van der Waals surface area contributed by atoms with Crippen molar-refractivity contribution in [2.45, 2.75) is 16.7 Å². The summed E-state index contributed by atoms with van der Waals surface area (Å²) >= 11 is 1.56. The normalized spacial score (nSPS) is 13.9. The van der Waals surface area contributed by atoms with Crippen molar-refractivity contribution in [2.24, 2.45) is 5.73 Å². The van der Waals surface area contributed by atoms with Gasteiger partial charge in [-0.2, -0.15) is 0 Å². The Morgan fingerprint density at radius 3 is 2.27 bits per heavy atom. The topological polar surface area (TPSA) is 86.7 Å². The van der Waals surface area contributed by atoms with E-state index in [0.29, 0.717) is 0 Å². The summed E-state index contributed by atoms with van der Waals surface area (Å²) in [5.41, 5.74) is 5.68. The molecule has 0 bridgehead atoms. The molecular formula is C10H15NO3S. The zero-order valence-electron chi connectivity index (χ0n) is 8.42. The Balaban J connectivity index is 2.94. The summed E-state index contributed by atoms with van der Waals surface area (Å²) in [4.78, 5) is 1.02. The summed E-state index contributed by atoms with van der Waals surface area (Å²) in [5.74, 6) is -2.19. The number of aliphatic hydroxyl groups excluding tert-OH is 1. The maximum atomic E-state index is 9.68. The van der Waals surface area contributed by atoms with E-state index in [2.05, 4.69) is 0 Å². The van der Waals surface area contributed by atoms with Crippen molar-refractivity contribution in [1.29, 1.82) is 0 Å². The summed E-state index contributed by atoms with van der Waals surface area (Å²) in [7, 11) is 0. The molecule has 15 heavy (non-hydrogen) atoms. The van der Waals surface area contributed by atoms with Crippen LogP contribution in [0.5, 0.6) is 0 Å². The minimum atomic E-state index is -2.19. The van der Waals surface area contributed by atoms with E-state index < -0.39 is 18.4 Å². The fraction of sp³-hybridized carbons (Fsp3) is 0.400. The first-order valence-corrected chi connectivity index (χ1v) is 5.70. The van der Waals surface area contributed by atoms with Crippen LogP contribution in [0.15, 0.2) is 29.2 Å². The highest BCUT2D eigenvalue weighted by atomic mass is 32.2. The van der Waals surface area contributed by atoms with Crippen LogP contribution in [-0.4, -0.2) is 34.2 Å². The molecule has 1 rings (SSSR count). The van der Waals surface area contributed by atoms with E-state index in [0.717, 1.165) is 4.90 Å². The van der Waals surface area contributed by atoms with Crippen LogP contribution in [0.2, 0.25) is 0 Å². The van der Waals surface area contributed by atoms with Crippen LogP contribution < -0.4 is 5.73 Å².